The van der Waals surface area contributed by atoms with Crippen molar-refractivity contribution in [3.63, 3.8) is 0 Å². The first-order valence-electron chi connectivity index (χ1n) is 8.99. The molecule has 144 valence electrons. The summed E-state index contributed by atoms with van der Waals surface area (Å²) in [4.78, 5) is 27.0. The van der Waals surface area contributed by atoms with Gasteiger partial charge in [-0.25, -0.2) is 4.79 Å². The molecule has 2 aromatic carbocycles. The number of nitro benzene ring substituents is 1. The molecule has 8 nitrogen and oxygen atoms in total. The Balaban J connectivity index is 1.79. The van der Waals surface area contributed by atoms with Crippen molar-refractivity contribution in [2.45, 2.75) is 6.92 Å². The summed E-state index contributed by atoms with van der Waals surface area (Å²) in [5.74, 6) is -0.697. The maximum absolute atomic E-state index is 12.1. The third-order valence-corrected chi connectivity index (χ3v) is 4.68. The number of carbonyl (C=O) groups excluding carboxylic acids is 1. The van der Waals surface area contributed by atoms with Gasteiger partial charge in [-0.05, 0) is 31.2 Å². The minimum absolute atomic E-state index is 0.0402. The third kappa shape index (κ3) is 3.88. The number of esters is 1. The Kier molecular flexibility index (Phi) is 5.75. The van der Waals surface area contributed by atoms with E-state index in [0.29, 0.717) is 31.7 Å². The fourth-order valence-electron chi connectivity index (χ4n) is 3.30. The van der Waals surface area contributed by atoms with Crippen LogP contribution >= 0.6 is 0 Å². The fraction of sp³-hybridized carbons (Fsp3) is 0.300. The van der Waals surface area contributed by atoms with Gasteiger partial charge in [-0.15, -0.1) is 0 Å². The summed E-state index contributed by atoms with van der Waals surface area (Å²) >= 11 is 0. The van der Waals surface area contributed by atoms with Crippen molar-refractivity contribution >= 4 is 23.0 Å². The molecular weight excluding hydrogens is 360 g/mol. The molecule has 0 aromatic heterocycles. The molecule has 1 fully saturated rings. The number of piperazine rings is 1. The van der Waals surface area contributed by atoms with Crippen LogP contribution in [0.2, 0.25) is 0 Å². The number of nitriles is 1. The van der Waals surface area contributed by atoms with Gasteiger partial charge in [0.2, 0.25) is 0 Å². The molecule has 1 saturated heterocycles. The van der Waals surface area contributed by atoms with Gasteiger partial charge < -0.3 is 14.5 Å². The Bertz CT molecular complexity index is 930. The summed E-state index contributed by atoms with van der Waals surface area (Å²) in [6, 6.07) is 14.2. The number of rotatable bonds is 5. The summed E-state index contributed by atoms with van der Waals surface area (Å²) in [7, 11) is 0. The number of nitro groups is 1. The molecule has 0 amide bonds. The van der Waals surface area contributed by atoms with Gasteiger partial charge in [0, 0.05) is 37.9 Å². The maximum atomic E-state index is 12.1. The van der Waals surface area contributed by atoms with E-state index in [9.17, 15) is 20.2 Å². The topological polar surface area (TPSA) is 99.7 Å². The Morgan fingerprint density at radius 2 is 1.86 bits per heavy atom. The number of para-hydroxylation sites is 1. The molecule has 0 unspecified atom stereocenters. The molecule has 0 bridgehead atoms. The van der Waals surface area contributed by atoms with Crippen molar-refractivity contribution < 1.29 is 14.5 Å². The van der Waals surface area contributed by atoms with E-state index in [2.05, 4.69) is 15.9 Å². The minimum atomic E-state index is -0.697. The molecule has 1 heterocycles. The van der Waals surface area contributed by atoms with E-state index >= 15 is 0 Å². The van der Waals surface area contributed by atoms with Gasteiger partial charge in [-0.2, -0.15) is 5.26 Å². The van der Waals surface area contributed by atoms with Crippen molar-refractivity contribution in [3.8, 4) is 6.07 Å². The molecule has 0 saturated carbocycles. The second kappa shape index (κ2) is 8.39. The van der Waals surface area contributed by atoms with E-state index < -0.39 is 10.9 Å². The second-order valence-corrected chi connectivity index (χ2v) is 6.28. The van der Waals surface area contributed by atoms with E-state index in [1.807, 2.05) is 18.2 Å². The zero-order valence-corrected chi connectivity index (χ0v) is 15.5. The second-order valence-electron chi connectivity index (χ2n) is 6.28. The Morgan fingerprint density at radius 1 is 1.18 bits per heavy atom. The number of nitrogens with zero attached hydrogens (tertiary/aromatic N) is 4. The van der Waals surface area contributed by atoms with E-state index in [4.69, 9.17) is 4.74 Å². The Labute approximate surface area is 162 Å². The molecular formula is C20H20N4O4. The van der Waals surface area contributed by atoms with Gasteiger partial charge in [0.15, 0.2) is 0 Å². The highest BCUT2D eigenvalue weighted by Crippen LogP contribution is 2.28. The minimum Gasteiger partial charge on any atom is -0.462 e. The van der Waals surface area contributed by atoms with Gasteiger partial charge in [-0.3, -0.25) is 10.1 Å². The van der Waals surface area contributed by atoms with Crippen LogP contribution in [0.1, 0.15) is 22.8 Å². The molecule has 8 heteroatoms. The lowest BCUT2D eigenvalue weighted by Gasteiger charge is -2.37. The molecule has 0 N–H and O–H groups in total. The lowest BCUT2D eigenvalue weighted by atomic mass is 10.1. The van der Waals surface area contributed by atoms with Crippen LogP contribution in [0.5, 0.6) is 0 Å². The van der Waals surface area contributed by atoms with Crippen molar-refractivity contribution in [3.05, 3.63) is 63.7 Å². The summed E-state index contributed by atoms with van der Waals surface area (Å²) < 4.78 is 4.96. The summed E-state index contributed by atoms with van der Waals surface area (Å²) in [5.41, 5.74) is 1.98. The fourth-order valence-corrected chi connectivity index (χ4v) is 3.30. The van der Waals surface area contributed by atoms with Gasteiger partial charge in [0.05, 0.1) is 22.8 Å². The average molecular weight is 380 g/mol. The molecule has 0 atom stereocenters. The summed E-state index contributed by atoms with van der Waals surface area (Å²) in [6.45, 7) is 4.54. The number of ether oxygens (including phenoxy) is 1. The zero-order chi connectivity index (χ0) is 20.1. The van der Waals surface area contributed by atoms with Crippen LogP contribution in [0, 0.1) is 21.4 Å². The highest BCUT2D eigenvalue weighted by Gasteiger charge is 2.25. The van der Waals surface area contributed by atoms with Crippen LogP contribution in [0.15, 0.2) is 42.5 Å². The molecule has 1 aliphatic heterocycles. The number of benzene rings is 2. The van der Waals surface area contributed by atoms with E-state index in [-0.39, 0.29) is 17.9 Å². The van der Waals surface area contributed by atoms with E-state index in [0.717, 1.165) is 11.4 Å². The van der Waals surface area contributed by atoms with Crippen LogP contribution in [-0.4, -0.2) is 43.7 Å². The highest BCUT2D eigenvalue weighted by molar-refractivity contribution is 5.95. The molecule has 0 aliphatic carbocycles. The predicted molar refractivity (Wildman–Crippen MR) is 105 cm³/mol. The zero-order valence-electron chi connectivity index (χ0n) is 15.5. The first-order valence-corrected chi connectivity index (χ1v) is 8.99. The molecule has 1 aliphatic rings. The molecule has 0 spiro atoms. The molecule has 3 rings (SSSR count). The normalized spacial score (nSPS) is 13.7. The van der Waals surface area contributed by atoms with Crippen LogP contribution in [-0.2, 0) is 4.74 Å². The SMILES string of the molecule is CCOC(=O)c1cc(N2CCN(c3ccccc3C#N)CC2)ccc1[N+](=O)[O-]. The van der Waals surface area contributed by atoms with Gasteiger partial charge in [0.25, 0.3) is 5.69 Å². The van der Waals surface area contributed by atoms with E-state index in [1.54, 1.807) is 19.1 Å². The van der Waals surface area contributed by atoms with Crippen molar-refractivity contribution in [2.75, 3.05) is 42.6 Å². The van der Waals surface area contributed by atoms with E-state index in [1.165, 1.54) is 12.1 Å². The number of hydrogen-bond donors (Lipinski definition) is 0. The number of anilines is 2. The Hall–Kier alpha value is -3.60. The van der Waals surface area contributed by atoms with Gasteiger partial charge in [-0.1, -0.05) is 12.1 Å². The molecule has 0 radical (unpaired) electrons. The van der Waals surface area contributed by atoms with Crippen LogP contribution < -0.4 is 9.80 Å². The first-order chi connectivity index (χ1) is 13.5. The summed E-state index contributed by atoms with van der Waals surface area (Å²) in [6.07, 6.45) is 0. The smallest absolute Gasteiger partial charge is 0.345 e. The third-order valence-electron chi connectivity index (χ3n) is 4.68. The average Bonchev–Trinajstić information content (AvgIpc) is 2.73. The van der Waals surface area contributed by atoms with Gasteiger partial charge >= 0.3 is 5.97 Å². The number of hydrogen-bond acceptors (Lipinski definition) is 7. The largest absolute Gasteiger partial charge is 0.462 e. The van der Waals surface area contributed by atoms with Crippen LogP contribution in [0.4, 0.5) is 17.1 Å². The monoisotopic (exact) mass is 380 g/mol. The van der Waals surface area contributed by atoms with Crippen molar-refractivity contribution in [2.24, 2.45) is 0 Å². The predicted octanol–water partition coefficient (Wildman–Crippen LogP) is 2.97. The van der Waals surface area contributed by atoms with Crippen molar-refractivity contribution in [1.82, 2.24) is 0 Å². The quantitative estimate of drug-likeness (QED) is 0.446. The van der Waals surface area contributed by atoms with Crippen LogP contribution in [0.25, 0.3) is 0 Å². The molecule has 28 heavy (non-hydrogen) atoms. The standard InChI is InChI=1S/C20H20N4O4/c1-2-28-20(25)17-13-16(7-8-19(17)24(26)27)22-9-11-23(12-10-22)18-6-4-3-5-15(18)14-21/h3-8,13H,2,9-12H2,1H3. The number of carbonyl (C=O) groups is 1. The Morgan fingerprint density at radius 3 is 2.50 bits per heavy atom. The van der Waals surface area contributed by atoms with Gasteiger partial charge in [0.1, 0.15) is 11.6 Å². The summed E-state index contributed by atoms with van der Waals surface area (Å²) in [5, 5.41) is 20.5. The lowest BCUT2D eigenvalue weighted by Crippen LogP contribution is -2.46. The first kappa shape index (κ1) is 19.2. The van der Waals surface area contributed by atoms with Crippen molar-refractivity contribution in [1.29, 1.82) is 5.26 Å². The van der Waals surface area contributed by atoms with Crippen LogP contribution in [0.3, 0.4) is 0 Å². The lowest BCUT2D eigenvalue weighted by molar-refractivity contribution is -0.385. The highest BCUT2D eigenvalue weighted by atomic mass is 16.6. The molecule has 2 aromatic rings. The maximum Gasteiger partial charge on any atom is 0.345 e.